The van der Waals surface area contributed by atoms with E-state index >= 15 is 0 Å². The second kappa shape index (κ2) is 9.46. The molecule has 1 amide bonds. The molecule has 0 saturated carbocycles. The number of hydroxylamine groups is 1. The van der Waals surface area contributed by atoms with Gasteiger partial charge in [0.25, 0.3) is 0 Å². The monoisotopic (exact) mass is 503 g/mol. The third-order valence-electron chi connectivity index (χ3n) is 6.28. The summed E-state index contributed by atoms with van der Waals surface area (Å²) >= 11 is 1.59. The minimum atomic E-state index is -4.53. The molecule has 7 nitrogen and oxygen atoms in total. The van der Waals surface area contributed by atoms with Gasteiger partial charge in [0.1, 0.15) is 12.6 Å². The Morgan fingerprint density at radius 1 is 1.23 bits per heavy atom. The summed E-state index contributed by atoms with van der Waals surface area (Å²) in [6.45, 7) is 2.38. The van der Waals surface area contributed by atoms with Crippen LogP contribution in [0.5, 0.6) is 0 Å². The third kappa shape index (κ3) is 5.10. The number of amides is 1. The summed E-state index contributed by atoms with van der Waals surface area (Å²) in [5.74, 6) is 0.000202. The number of rotatable bonds is 5. The zero-order valence-corrected chi connectivity index (χ0v) is 19.8. The number of nitrogens with one attached hydrogen (secondary N) is 1. The maximum absolute atomic E-state index is 12.9. The molecule has 1 atom stereocenters. The van der Waals surface area contributed by atoms with Crippen molar-refractivity contribution < 1.29 is 22.8 Å². The van der Waals surface area contributed by atoms with Crippen LogP contribution in [0.3, 0.4) is 0 Å². The van der Waals surface area contributed by atoms with Crippen LogP contribution in [-0.4, -0.2) is 38.7 Å². The van der Waals surface area contributed by atoms with Crippen LogP contribution in [0.15, 0.2) is 47.9 Å². The highest BCUT2D eigenvalue weighted by Gasteiger charge is 2.35. The van der Waals surface area contributed by atoms with E-state index in [1.54, 1.807) is 16.2 Å². The molecule has 0 aliphatic carbocycles. The van der Waals surface area contributed by atoms with Crippen molar-refractivity contribution in [3.05, 3.63) is 75.5 Å². The fourth-order valence-electron chi connectivity index (χ4n) is 4.30. The lowest BCUT2D eigenvalue weighted by Gasteiger charge is -2.31. The molecule has 1 fully saturated rings. The van der Waals surface area contributed by atoms with Gasteiger partial charge in [-0.05, 0) is 37.5 Å². The summed E-state index contributed by atoms with van der Waals surface area (Å²) in [6, 6.07) is 10.9. The van der Waals surface area contributed by atoms with Crippen molar-refractivity contribution in [2.24, 2.45) is 0 Å². The first-order valence-corrected chi connectivity index (χ1v) is 12.2. The third-order valence-corrected chi connectivity index (χ3v) is 7.31. The summed E-state index contributed by atoms with van der Waals surface area (Å²) in [6.07, 6.45) is -1.28. The van der Waals surface area contributed by atoms with Gasteiger partial charge in [-0.15, -0.1) is 11.3 Å². The molecule has 5 rings (SSSR count). The summed E-state index contributed by atoms with van der Waals surface area (Å²) in [7, 11) is 0. The van der Waals surface area contributed by atoms with Crippen molar-refractivity contribution >= 4 is 22.9 Å². The minimum Gasteiger partial charge on any atom is -0.341 e. The predicted octanol–water partition coefficient (Wildman–Crippen LogP) is 4.69. The molecule has 11 heteroatoms. The van der Waals surface area contributed by atoms with Crippen LogP contribution >= 0.6 is 11.3 Å². The Morgan fingerprint density at radius 2 is 1.97 bits per heavy atom. The van der Waals surface area contributed by atoms with E-state index in [-0.39, 0.29) is 24.5 Å². The van der Waals surface area contributed by atoms with Gasteiger partial charge < -0.3 is 4.90 Å². The minimum absolute atomic E-state index is 0.198. The quantitative estimate of drug-likeness (QED) is 0.547. The van der Waals surface area contributed by atoms with Crippen molar-refractivity contribution in [1.82, 2.24) is 25.1 Å². The maximum atomic E-state index is 12.9. The molecule has 2 aromatic heterocycles. The van der Waals surface area contributed by atoms with E-state index in [4.69, 9.17) is 9.82 Å². The molecule has 1 unspecified atom stereocenters. The molecule has 0 bridgehead atoms. The number of hydrogen-bond donors (Lipinski definition) is 1. The molecule has 3 aromatic rings. The van der Waals surface area contributed by atoms with Crippen molar-refractivity contribution in [2.45, 2.75) is 44.5 Å². The molecule has 0 radical (unpaired) electrons. The molecule has 1 aromatic carbocycles. The first kappa shape index (κ1) is 23.6. The van der Waals surface area contributed by atoms with E-state index in [2.05, 4.69) is 10.6 Å². The number of halogens is 3. The Hall–Kier alpha value is -3.18. The number of hydrogen-bond acceptors (Lipinski definition) is 6. The highest BCUT2D eigenvalue weighted by molar-refractivity contribution is 7.09. The highest BCUT2D eigenvalue weighted by atomic mass is 32.1. The van der Waals surface area contributed by atoms with Crippen LogP contribution in [0.1, 0.15) is 52.5 Å². The lowest BCUT2D eigenvalue weighted by molar-refractivity contribution is -0.142. The molecule has 0 spiro atoms. The second-order valence-electron chi connectivity index (χ2n) is 8.68. The lowest BCUT2D eigenvalue weighted by atomic mass is 9.97. The zero-order chi connectivity index (χ0) is 24.6. The van der Waals surface area contributed by atoms with E-state index < -0.39 is 11.9 Å². The molecule has 2 aliphatic rings. The van der Waals surface area contributed by atoms with Gasteiger partial charge in [0, 0.05) is 30.1 Å². The number of aromatic nitrogens is 3. The van der Waals surface area contributed by atoms with Gasteiger partial charge in [0.05, 0.1) is 16.4 Å². The van der Waals surface area contributed by atoms with Crippen molar-refractivity contribution in [3.63, 3.8) is 0 Å². The number of alkyl halides is 3. The number of thiazole rings is 1. The predicted molar refractivity (Wildman–Crippen MR) is 124 cm³/mol. The van der Waals surface area contributed by atoms with Gasteiger partial charge in [-0.2, -0.15) is 18.3 Å². The van der Waals surface area contributed by atoms with Crippen molar-refractivity contribution in [2.75, 3.05) is 13.1 Å². The van der Waals surface area contributed by atoms with Gasteiger partial charge in [-0.25, -0.2) is 4.98 Å². The Labute approximate surface area is 204 Å². The number of carbonyl (C=O) groups excluding carboxylic acids is 1. The Balaban J connectivity index is 1.17. The molecular formula is C24H24F3N5O2S. The van der Waals surface area contributed by atoms with Crippen molar-refractivity contribution in [1.29, 1.82) is 0 Å². The van der Waals surface area contributed by atoms with E-state index in [0.717, 1.165) is 45.6 Å². The first-order valence-electron chi connectivity index (χ1n) is 11.3. The first-order chi connectivity index (χ1) is 16.8. The molecule has 1 N–H and O–H groups in total. The largest absolute Gasteiger partial charge is 0.435 e. The van der Waals surface area contributed by atoms with Crippen molar-refractivity contribution in [3.8, 4) is 0 Å². The van der Waals surface area contributed by atoms with Gasteiger partial charge >= 0.3 is 6.18 Å². The van der Waals surface area contributed by atoms with Crippen LogP contribution in [0.4, 0.5) is 13.2 Å². The van der Waals surface area contributed by atoms with Gasteiger partial charge in [-0.3, -0.25) is 19.8 Å². The highest BCUT2D eigenvalue weighted by Crippen LogP contribution is 2.35. The van der Waals surface area contributed by atoms with Crippen LogP contribution in [0.2, 0.25) is 0 Å². The number of piperidine rings is 1. The summed E-state index contributed by atoms with van der Waals surface area (Å²) in [4.78, 5) is 24.9. The SMILES string of the molecule is Cc1cc(C(F)(F)F)nn1CC(=O)N1CCC(c2nc(C3C=C(c4ccccc4)NO3)cs2)CC1. The van der Waals surface area contributed by atoms with Crippen LogP contribution in [-0.2, 0) is 22.4 Å². The normalized spacial score (nSPS) is 19.0. The molecule has 2 aliphatic heterocycles. The maximum Gasteiger partial charge on any atom is 0.435 e. The van der Waals surface area contributed by atoms with Gasteiger partial charge in [-0.1, -0.05) is 30.3 Å². The standard InChI is InChI=1S/C24H24F3N5O2S/c1-15-11-21(24(25,26)27)29-32(15)13-22(33)31-9-7-17(8-10-31)23-28-19(14-35-23)20-12-18(30-34-20)16-5-3-2-4-6-16/h2-6,11-12,14,17,20,30H,7-10,13H2,1H3. The van der Waals surface area contributed by atoms with E-state index in [0.29, 0.717) is 18.8 Å². The van der Waals surface area contributed by atoms with E-state index in [1.807, 2.05) is 41.8 Å². The summed E-state index contributed by atoms with van der Waals surface area (Å²) in [5.41, 5.74) is 5.10. The number of carbonyl (C=O) groups is 1. The number of nitrogens with zero attached hydrogens (tertiary/aromatic N) is 4. The zero-order valence-electron chi connectivity index (χ0n) is 19.0. The topological polar surface area (TPSA) is 72.3 Å². The smallest absolute Gasteiger partial charge is 0.341 e. The number of likely N-dealkylation sites (tertiary alicyclic amines) is 1. The lowest BCUT2D eigenvalue weighted by Crippen LogP contribution is -2.40. The molecule has 1 saturated heterocycles. The Morgan fingerprint density at radius 3 is 2.66 bits per heavy atom. The molecule has 184 valence electrons. The number of benzene rings is 1. The second-order valence-corrected chi connectivity index (χ2v) is 9.57. The van der Waals surface area contributed by atoms with Crippen LogP contribution < -0.4 is 5.48 Å². The molecule has 35 heavy (non-hydrogen) atoms. The van der Waals surface area contributed by atoms with E-state index in [1.165, 1.54) is 6.92 Å². The fourth-order valence-corrected chi connectivity index (χ4v) is 5.31. The number of aryl methyl sites for hydroxylation is 1. The van der Waals surface area contributed by atoms with E-state index in [9.17, 15) is 18.0 Å². The van der Waals surface area contributed by atoms with Gasteiger partial charge in [0.15, 0.2) is 5.69 Å². The average molecular weight is 504 g/mol. The Kier molecular flexibility index (Phi) is 6.37. The van der Waals surface area contributed by atoms with Gasteiger partial charge in [0.2, 0.25) is 5.91 Å². The van der Waals surface area contributed by atoms with Crippen LogP contribution in [0, 0.1) is 6.92 Å². The summed E-state index contributed by atoms with van der Waals surface area (Å²) < 4.78 is 39.8. The molecule has 4 heterocycles. The molecular weight excluding hydrogens is 479 g/mol. The average Bonchev–Trinajstić information content (AvgIpc) is 3.60. The van der Waals surface area contributed by atoms with Crippen LogP contribution in [0.25, 0.3) is 5.70 Å². The Bertz CT molecular complexity index is 1230. The fraction of sp³-hybridized carbons (Fsp3) is 0.375. The summed E-state index contributed by atoms with van der Waals surface area (Å²) in [5, 5.41) is 6.57.